The molecule has 4 heteroatoms. The first-order valence-electron chi connectivity index (χ1n) is 6.98. The minimum atomic E-state index is 0.153. The molecule has 108 valence electrons. The summed E-state index contributed by atoms with van der Waals surface area (Å²) in [5.74, 6) is 0.830. The van der Waals surface area contributed by atoms with Crippen molar-refractivity contribution >= 4 is 21.6 Å². The lowest BCUT2D eigenvalue weighted by Crippen LogP contribution is -1.99. The molecular weight excluding hydrogens is 282 g/mol. The monoisotopic (exact) mass is 299 g/mol. The first-order valence-corrected chi connectivity index (χ1v) is 7.80. The number of nitrogens with zero attached hydrogens (tertiary/aromatic N) is 1. The number of benzene rings is 2. The van der Waals surface area contributed by atoms with E-state index in [0.717, 1.165) is 21.0 Å². The van der Waals surface area contributed by atoms with E-state index in [4.69, 9.17) is 14.8 Å². The quantitative estimate of drug-likeness (QED) is 0.723. The molecule has 3 aromatic rings. The fourth-order valence-corrected chi connectivity index (χ4v) is 3.26. The summed E-state index contributed by atoms with van der Waals surface area (Å²) in [7, 11) is 0. The van der Waals surface area contributed by atoms with Gasteiger partial charge in [0.2, 0.25) is 0 Å². The second-order valence-electron chi connectivity index (χ2n) is 4.89. The topological polar surface area (TPSA) is 42.4 Å². The molecule has 0 aliphatic rings. The smallest absolute Gasteiger partial charge is 0.124 e. The van der Waals surface area contributed by atoms with E-state index < -0.39 is 0 Å². The minimum Gasteiger partial charge on any atom is -0.493 e. The number of aromatic nitrogens is 1. The molecule has 0 bridgehead atoms. The van der Waals surface area contributed by atoms with E-state index in [1.807, 2.05) is 30.3 Å². The lowest BCUT2D eigenvalue weighted by molar-refractivity contribution is 0.234. The fraction of sp³-hybridized carbons (Fsp3) is 0.235. The normalized spacial score (nSPS) is 11.0. The zero-order chi connectivity index (χ0) is 14.7. The molecule has 3 rings (SSSR count). The molecule has 0 spiro atoms. The lowest BCUT2D eigenvalue weighted by atomic mass is 10.1. The van der Waals surface area contributed by atoms with E-state index in [1.54, 1.807) is 11.3 Å². The third kappa shape index (κ3) is 3.06. The van der Waals surface area contributed by atoms with Gasteiger partial charge in [0.1, 0.15) is 10.8 Å². The highest BCUT2D eigenvalue weighted by Crippen LogP contribution is 2.33. The Hall–Kier alpha value is -1.91. The van der Waals surface area contributed by atoms with Gasteiger partial charge in [0.25, 0.3) is 0 Å². The van der Waals surface area contributed by atoms with E-state index in [-0.39, 0.29) is 6.61 Å². The summed E-state index contributed by atoms with van der Waals surface area (Å²) in [6, 6.07) is 14.2. The minimum absolute atomic E-state index is 0.153. The van der Waals surface area contributed by atoms with Gasteiger partial charge in [-0.25, -0.2) is 4.98 Å². The molecule has 1 aromatic heterocycles. The maximum Gasteiger partial charge on any atom is 0.124 e. The summed E-state index contributed by atoms with van der Waals surface area (Å²) in [4.78, 5) is 4.70. The van der Waals surface area contributed by atoms with Crippen molar-refractivity contribution in [1.82, 2.24) is 4.98 Å². The number of hydrogen-bond acceptors (Lipinski definition) is 4. The molecule has 0 fully saturated rings. The van der Waals surface area contributed by atoms with Crippen LogP contribution in [-0.2, 0) is 0 Å². The zero-order valence-corrected chi connectivity index (χ0v) is 12.7. The highest BCUT2D eigenvalue weighted by atomic mass is 32.1. The zero-order valence-electron chi connectivity index (χ0n) is 11.9. The highest BCUT2D eigenvalue weighted by molar-refractivity contribution is 7.21. The van der Waals surface area contributed by atoms with E-state index in [0.29, 0.717) is 13.0 Å². The summed E-state index contributed by atoms with van der Waals surface area (Å²) in [6.07, 6.45) is 0.648. The van der Waals surface area contributed by atoms with Crippen LogP contribution in [-0.4, -0.2) is 23.3 Å². The Morgan fingerprint density at radius 2 is 2.05 bits per heavy atom. The van der Waals surface area contributed by atoms with Crippen LogP contribution < -0.4 is 4.74 Å². The summed E-state index contributed by atoms with van der Waals surface area (Å²) < 4.78 is 6.73. The van der Waals surface area contributed by atoms with Gasteiger partial charge in [-0.05, 0) is 30.7 Å². The predicted molar refractivity (Wildman–Crippen MR) is 87.0 cm³/mol. The maximum absolute atomic E-state index is 8.78. The van der Waals surface area contributed by atoms with Crippen molar-refractivity contribution in [3.63, 3.8) is 0 Å². The molecule has 0 radical (unpaired) electrons. The summed E-state index contributed by atoms with van der Waals surface area (Å²) in [5.41, 5.74) is 3.41. The van der Waals surface area contributed by atoms with Crippen molar-refractivity contribution in [3.05, 3.63) is 48.0 Å². The van der Waals surface area contributed by atoms with Gasteiger partial charge < -0.3 is 9.84 Å². The van der Waals surface area contributed by atoms with Gasteiger partial charge in [-0.1, -0.05) is 24.3 Å². The van der Waals surface area contributed by atoms with Crippen LogP contribution in [0.15, 0.2) is 42.5 Å². The Kier molecular flexibility index (Phi) is 4.18. The molecule has 21 heavy (non-hydrogen) atoms. The first kappa shape index (κ1) is 14.0. The van der Waals surface area contributed by atoms with Crippen LogP contribution in [0, 0.1) is 6.92 Å². The predicted octanol–water partition coefficient (Wildman–Crippen LogP) is 4.03. The molecule has 0 amide bonds. The van der Waals surface area contributed by atoms with Crippen molar-refractivity contribution in [3.8, 4) is 16.3 Å². The Morgan fingerprint density at radius 3 is 2.86 bits per heavy atom. The van der Waals surface area contributed by atoms with Gasteiger partial charge in [0.15, 0.2) is 0 Å². The number of aliphatic hydroxyl groups excluding tert-OH is 1. The average molecular weight is 299 g/mol. The van der Waals surface area contributed by atoms with Crippen LogP contribution in [0.5, 0.6) is 5.75 Å². The Morgan fingerprint density at radius 1 is 1.19 bits per heavy atom. The van der Waals surface area contributed by atoms with E-state index >= 15 is 0 Å². The van der Waals surface area contributed by atoms with Crippen LogP contribution in [0.25, 0.3) is 20.8 Å². The van der Waals surface area contributed by atoms with Gasteiger partial charge in [-0.2, -0.15) is 0 Å². The van der Waals surface area contributed by atoms with Crippen LogP contribution >= 0.6 is 11.3 Å². The second-order valence-corrected chi connectivity index (χ2v) is 5.92. The standard InChI is InChI=1S/C17H17NO2S/c1-12-5-2-3-6-14(12)17-18-15-8-7-13(11-16(15)21-17)20-10-4-9-19/h2-3,5-8,11,19H,4,9-10H2,1H3. The maximum atomic E-state index is 8.78. The molecule has 2 aromatic carbocycles. The number of fused-ring (bicyclic) bond motifs is 1. The highest BCUT2D eigenvalue weighted by Gasteiger charge is 2.09. The molecule has 0 aliphatic heterocycles. The van der Waals surface area contributed by atoms with Crippen LogP contribution in [0.4, 0.5) is 0 Å². The summed E-state index contributed by atoms with van der Waals surface area (Å²) in [6.45, 7) is 2.79. The Balaban J connectivity index is 1.91. The molecule has 0 saturated heterocycles. The molecule has 0 aliphatic carbocycles. The van der Waals surface area contributed by atoms with E-state index in [2.05, 4.69) is 19.1 Å². The molecule has 3 nitrogen and oxygen atoms in total. The van der Waals surface area contributed by atoms with Crippen LogP contribution in [0.2, 0.25) is 0 Å². The van der Waals surface area contributed by atoms with Crippen molar-refractivity contribution in [2.45, 2.75) is 13.3 Å². The lowest BCUT2D eigenvalue weighted by Gasteiger charge is -2.03. The molecule has 1 N–H and O–H groups in total. The third-order valence-electron chi connectivity index (χ3n) is 3.31. The number of ether oxygens (including phenoxy) is 1. The molecule has 1 heterocycles. The van der Waals surface area contributed by atoms with Crippen molar-refractivity contribution < 1.29 is 9.84 Å². The van der Waals surface area contributed by atoms with Gasteiger partial charge in [-0.3, -0.25) is 0 Å². The first-order chi connectivity index (χ1) is 10.3. The number of hydrogen-bond donors (Lipinski definition) is 1. The summed E-state index contributed by atoms with van der Waals surface area (Å²) in [5, 5.41) is 9.82. The number of aryl methyl sites for hydroxylation is 1. The van der Waals surface area contributed by atoms with Crippen molar-refractivity contribution in [2.24, 2.45) is 0 Å². The average Bonchev–Trinajstić information content (AvgIpc) is 2.91. The molecule has 0 atom stereocenters. The van der Waals surface area contributed by atoms with Gasteiger partial charge in [0.05, 0.1) is 16.8 Å². The number of thiazole rings is 1. The Bertz CT molecular complexity index is 751. The third-order valence-corrected chi connectivity index (χ3v) is 4.36. The van der Waals surface area contributed by atoms with Gasteiger partial charge >= 0.3 is 0 Å². The van der Waals surface area contributed by atoms with Crippen LogP contribution in [0.1, 0.15) is 12.0 Å². The Labute approximate surface area is 127 Å². The SMILES string of the molecule is Cc1ccccc1-c1nc2ccc(OCCCO)cc2s1. The van der Waals surface area contributed by atoms with E-state index in [9.17, 15) is 0 Å². The van der Waals surface area contributed by atoms with Crippen molar-refractivity contribution in [2.75, 3.05) is 13.2 Å². The van der Waals surface area contributed by atoms with Gasteiger partial charge in [0, 0.05) is 18.6 Å². The van der Waals surface area contributed by atoms with Gasteiger partial charge in [-0.15, -0.1) is 11.3 Å². The largest absolute Gasteiger partial charge is 0.493 e. The summed E-state index contributed by atoms with van der Waals surface area (Å²) >= 11 is 1.68. The van der Waals surface area contributed by atoms with Crippen molar-refractivity contribution in [1.29, 1.82) is 0 Å². The molecule has 0 saturated carbocycles. The number of aliphatic hydroxyl groups is 1. The molecular formula is C17H17NO2S. The fourth-order valence-electron chi connectivity index (χ4n) is 2.18. The number of rotatable bonds is 5. The van der Waals surface area contributed by atoms with Crippen LogP contribution in [0.3, 0.4) is 0 Å². The second kappa shape index (κ2) is 6.24. The van der Waals surface area contributed by atoms with E-state index in [1.165, 1.54) is 11.1 Å². The molecule has 0 unspecified atom stereocenters.